The number of aromatic nitrogens is 4. The van der Waals surface area contributed by atoms with E-state index in [4.69, 9.17) is 0 Å². The van der Waals surface area contributed by atoms with Gasteiger partial charge in [-0.2, -0.15) is 18.3 Å². The number of piperidine rings is 1. The Morgan fingerprint density at radius 3 is 2.58 bits per heavy atom. The van der Waals surface area contributed by atoms with E-state index in [0.717, 1.165) is 16.5 Å². The summed E-state index contributed by atoms with van der Waals surface area (Å²) in [5, 5.41) is 7.83. The lowest BCUT2D eigenvalue weighted by Gasteiger charge is -2.34. The molecule has 1 N–H and O–H groups in total. The average Bonchev–Trinajstić information content (AvgIpc) is 3.45. The minimum atomic E-state index is -4.15. The van der Waals surface area contributed by atoms with Crippen molar-refractivity contribution in [2.24, 2.45) is 18.4 Å². The van der Waals surface area contributed by atoms with Crippen molar-refractivity contribution in [2.75, 3.05) is 25.0 Å². The number of amides is 1. The molecule has 0 atom stereocenters. The number of halogens is 3. The maximum Gasteiger partial charge on any atom is 0.395 e. The van der Waals surface area contributed by atoms with Crippen LogP contribution in [-0.2, 0) is 11.8 Å². The van der Waals surface area contributed by atoms with E-state index in [9.17, 15) is 18.0 Å². The second kappa shape index (κ2) is 8.09. The monoisotopic (exact) mass is 458 g/mol. The molecule has 1 saturated carbocycles. The van der Waals surface area contributed by atoms with Gasteiger partial charge in [-0.05, 0) is 50.4 Å². The predicted molar refractivity (Wildman–Crippen MR) is 117 cm³/mol. The van der Waals surface area contributed by atoms with E-state index in [1.54, 1.807) is 17.1 Å². The molecule has 33 heavy (non-hydrogen) atoms. The number of carbonyl (C=O) groups is 1. The van der Waals surface area contributed by atoms with Crippen molar-refractivity contribution in [3.63, 3.8) is 0 Å². The fourth-order valence-corrected chi connectivity index (χ4v) is 4.51. The topological polar surface area (TPSA) is 75.9 Å². The normalized spacial score (nSPS) is 19.0. The smallest absolute Gasteiger partial charge is 0.302 e. The van der Waals surface area contributed by atoms with Crippen LogP contribution in [0.15, 0.2) is 36.8 Å². The maximum atomic E-state index is 13.2. The van der Waals surface area contributed by atoms with Crippen LogP contribution in [0.4, 0.5) is 19.1 Å². The van der Waals surface area contributed by atoms with E-state index in [1.807, 2.05) is 36.3 Å². The van der Waals surface area contributed by atoms with Crippen molar-refractivity contribution in [3.8, 4) is 11.1 Å². The van der Waals surface area contributed by atoms with Crippen LogP contribution in [0, 0.1) is 11.3 Å². The zero-order valence-electron chi connectivity index (χ0n) is 18.3. The third-order valence-electron chi connectivity index (χ3n) is 6.80. The number of nitrogens with one attached hydrogen (secondary N) is 1. The number of likely N-dealkylation sites (tertiary alicyclic amines) is 1. The molecular weight excluding hydrogens is 433 g/mol. The lowest BCUT2D eigenvalue weighted by molar-refractivity contribution is -0.192. The highest BCUT2D eigenvalue weighted by molar-refractivity contribution is 5.92. The van der Waals surface area contributed by atoms with Gasteiger partial charge in [0.1, 0.15) is 0 Å². The number of carbonyl (C=O) groups excluding carboxylic acids is 1. The van der Waals surface area contributed by atoms with Gasteiger partial charge in [0.05, 0.1) is 17.1 Å². The lowest BCUT2D eigenvalue weighted by atomic mass is 9.94. The Morgan fingerprint density at radius 2 is 1.94 bits per heavy atom. The molecule has 0 unspecified atom stereocenters. The summed E-state index contributed by atoms with van der Waals surface area (Å²) < 4.78 is 41.4. The third kappa shape index (κ3) is 4.44. The van der Waals surface area contributed by atoms with Gasteiger partial charge in [-0.15, -0.1) is 0 Å². The van der Waals surface area contributed by atoms with Crippen molar-refractivity contribution in [1.82, 2.24) is 24.6 Å². The molecule has 2 fully saturated rings. The lowest BCUT2D eigenvalue weighted by Crippen LogP contribution is -2.44. The Morgan fingerprint density at radius 1 is 1.18 bits per heavy atom. The Bertz CT molecular complexity index is 1180. The van der Waals surface area contributed by atoms with Crippen molar-refractivity contribution < 1.29 is 18.0 Å². The zero-order chi connectivity index (χ0) is 23.2. The summed E-state index contributed by atoms with van der Waals surface area (Å²) in [5.74, 6) is -0.218. The molecule has 5 rings (SSSR count). The Balaban J connectivity index is 1.21. The number of hydrogen-bond acceptors (Lipinski definition) is 5. The molecule has 1 aromatic carbocycles. The van der Waals surface area contributed by atoms with Gasteiger partial charge in [-0.3, -0.25) is 14.8 Å². The van der Waals surface area contributed by atoms with Crippen molar-refractivity contribution in [1.29, 1.82) is 0 Å². The molecule has 3 heterocycles. The first-order valence-electron chi connectivity index (χ1n) is 11.1. The van der Waals surface area contributed by atoms with E-state index in [-0.39, 0.29) is 37.2 Å². The highest BCUT2D eigenvalue weighted by Gasteiger charge is 2.63. The standard InChI is InChI=1S/C23H25F3N6O/c1-31-13-18(12-28-31)16-2-3-17-11-27-21(29-19(17)10-16)30-20(33)15-4-8-32(9-5-15)14-22(6-7-22)23(24,25)26/h2-3,10-13,15H,4-9,14H2,1H3,(H,27,29,30,33). The first kappa shape index (κ1) is 21.8. The van der Waals surface area contributed by atoms with Gasteiger partial charge in [0.15, 0.2) is 0 Å². The van der Waals surface area contributed by atoms with Crippen LogP contribution in [0.5, 0.6) is 0 Å². The molecule has 1 aliphatic heterocycles. The first-order chi connectivity index (χ1) is 15.7. The number of benzene rings is 1. The summed E-state index contributed by atoms with van der Waals surface area (Å²) in [5.41, 5.74) is 1.11. The molecule has 0 bridgehead atoms. The van der Waals surface area contributed by atoms with Crippen LogP contribution in [0.25, 0.3) is 22.0 Å². The molecule has 2 aliphatic rings. The molecule has 10 heteroatoms. The average molecular weight is 458 g/mol. The van der Waals surface area contributed by atoms with Gasteiger partial charge in [0.25, 0.3) is 0 Å². The molecule has 174 valence electrons. The summed E-state index contributed by atoms with van der Waals surface area (Å²) in [6.07, 6.45) is 2.67. The summed E-state index contributed by atoms with van der Waals surface area (Å²) in [4.78, 5) is 23.3. The quantitative estimate of drug-likeness (QED) is 0.625. The van der Waals surface area contributed by atoms with Crippen LogP contribution in [0.2, 0.25) is 0 Å². The van der Waals surface area contributed by atoms with E-state index in [1.165, 1.54) is 0 Å². The van der Waals surface area contributed by atoms with Gasteiger partial charge in [-0.25, -0.2) is 9.97 Å². The van der Waals surface area contributed by atoms with Crippen LogP contribution in [0.3, 0.4) is 0 Å². The fraction of sp³-hybridized carbons (Fsp3) is 0.478. The predicted octanol–water partition coefficient (Wildman–Crippen LogP) is 4.02. The van der Waals surface area contributed by atoms with E-state index < -0.39 is 11.6 Å². The largest absolute Gasteiger partial charge is 0.395 e. The van der Waals surface area contributed by atoms with Gasteiger partial charge in [-0.1, -0.05) is 12.1 Å². The van der Waals surface area contributed by atoms with Gasteiger partial charge >= 0.3 is 6.18 Å². The summed E-state index contributed by atoms with van der Waals surface area (Å²) in [7, 11) is 1.85. The number of aryl methyl sites for hydroxylation is 1. The number of rotatable bonds is 5. The van der Waals surface area contributed by atoms with Crippen LogP contribution >= 0.6 is 0 Å². The Hall–Kier alpha value is -3.01. The number of nitrogens with zero attached hydrogens (tertiary/aromatic N) is 5. The van der Waals surface area contributed by atoms with E-state index >= 15 is 0 Å². The number of alkyl halides is 3. The van der Waals surface area contributed by atoms with Crippen molar-refractivity contribution in [2.45, 2.75) is 31.9 Å². The highest BCUT2D eigenvalue weighted by atomic mass is 19.4. The number of fused-ring (bicyclic) bond motifs is 1. The van der Waals surface area contributed by atoms with Gasteiger partial charge in [0, 0.05) is 42.9 Å². The minimum Gasteiger partial charge on any atom is -0.302 e. The molecule has 0 spiro atoms. The molecule has 0 radical (unpaired) electrons. The van der Waals surface area contributed by atoms with Crippen LogP contribution in [-0.4, -0.2) is 56.4 Å². The Kier molecular flexibility index (Phi) is 5.35. The SMILES string of the molecule is Cn1cc(-c2ccc3cnc(NC(=O)C4CCN(CC5(C(F)(F)F)CC5)CC4)nc3c2)cn1. The molecule has 2 aromatic heterocycles. The van der Waals surface area contributed by atoms with E-state index in [0.29, 0.717) is 31.4 Å². The molecule has 1 saturated heterocycles. The molecule has 1 amide bonds. The molecule has 7 nitrogen and oxygen atoms in total. The minimum absolute atomic E-state index is 0.0396. The fourth-order valence-electron chi connectivity index (χ4n) is 4.51. The number of anilines is 1. The second-order valence-corrected chi connectivity index (χ2v) is 9.19. The summed E-state index contributed by atoms with van der Waals surface area (Å²) >= 11 is 0. The van der Waals surface area contributed by atoms with Gasteiger partial charge in [0.2, 0.25) is 11.9 Å². The zero-order valence-corrected chi connectivity index (χ0v) is 18.3. The third-order valence-corrected chi connectivity index (χ3v) is 6.80. The Labute approximate surface area is 189 Å². The van der Waals surface area contributed by atoms with Crippen LogP contribution in [0.1, 0.15) is 25.7 Å². The van der Waals surface area contributed by atoms with E-state index in [2.05, 4.69) is 20.4 Å². The van der Waals surface area contributed by atoms with Crippen molar-refractivity contribution >= 4 is 22.8 Å². The summed E-state index contributed by atoms with van der Waals surface area (Å²) in [6.45, 7) is 1.02. The maximum absolute atomic E-state index is 13.2. The molecule has 1 aliphatic carbocycles. The molecule has 3 aromatic rings. The second-order valence-electron chi connectivity index (χ2n) is 9.19. The summed E-state index contributed by atoms with van der Waals surface area (Å²) in [6, 6.07) is 5.82. The molecular formula is C23H25F3N6O. The van der Waals surface area contributed by atoms with Crippen molar-refractivity contribution in [3.05, 3.63) is 36.8 Å². The highest BCUT2D eigenvalue weighted by Crippen LogP contribution is 2.58. The van der Waals surface area contributed by atoms with Gasteiger partial charge < -0.3 is 4.90 Å². The van der Waals surface area contributed by atoms with Crippen LogP contribution < -0.4 is 5.32 Å². The first-order valence-corrected chi connectivity index (χ1v) is 11.1. The number of hydrogen-bond donors (Lipinski definition) is 1.